The molecule has 22 heavy (non-hydrogen) atoms. The fraction of sp³-hybridized carbons (Fsp3) is 0.765. The molecule has 1 saturated carbocycles. The van der Waals surface area contributed by atoms with Gasteiger partial charge in [-0.3, -0.25) is 0 Å². The number of aliphatic hydroxyl groups is 3. The summed E-state index contributed by atoms with van der Waals surface area (Å²) >= 11 is 0. The van der Waals surface area contributed by atoms with E-state index in [9.17, 15) is 15.3 Å². The number of hydrogen-bond acceptors (Lipinski definition) is 5. The smallest absolute Gasteiger partial charge is 0.160 e. The van der Waals surface area contributed by atoms with Gasteiger partial charge in [0.2, 0.25) is 0 Å². The van der Waals surface area contributed by atoms with Crippen LogP contribution in [0.5, 0.6) is 0 Å². The van der Waals surface area contributed by atoms with Gasteiger partial charge in [-0.25, -0.2) is 0 Å². The molecule has 2 aliphatic carbocycles. The van der Waals surface area contributed by atoms with E-state index >= 15 is 0 Å². The molecule has 0 aromatic heterocycles. The summed E-state index contributed by atoms with van der Waals surface area (Å²) in [6.07, 6.45) is 5.65. The molecule has 126 valence electrons. The molecule has 0 saturated heterocycles. The van der Waals surface area contributed by atoms with Crippen LogP contribution in [-0.2, 0) is 9.47 Å². The Bertz CT molecular complexity index is 450. The summed E-state index contributed by atoms with van der Waals surface area (Å²) in [7, 11) is 1.47. The second-order valence-electron chi connectivity index (χ2n) is 7.44. The molecule has 5 atom stereocenters. The van der Waals surface area contributed by atoms with Gasteiger partial charge in [-0.15, -0.1) is 0 Å². The molecule has 5 heteroatoms. The van der Waals surface area contributed by atoms with E-state index in [0.29, 0.717) is 12.8 Å². The van der Waals surface area contributed by atoms with Crippen molar-refractivity contribution < 1.29 is 24.8 Å². The molecular formula is C17H28O5. The van der Waals surface area contributed by atoms with Crippen molar-refractivity contribution >= 4 is 0 Å². The van der Waals surface area contributed by atoms with Gasteiger partial charge in [0.05, 0.1) is 5.60 Å². The third-order valence-electron chi connectivity index (χ3n) is 4.52. The van der Waals surface area contributed by atoms with Gasteiger partial charge in [0.15, 0.2) is 12.6 Å². The van der Waals surface area contributed by atoms with Crippen molar-refractivity contribution in [3.63, 3.8) is 0 Å². The predicted molar refractivity (Wildman–Crippen MR) is 83.0 cm³/mol. The summed E-state index contributed by atoms with van der Waals surface area (Å²) < 4.78 is 10.8. The Morgan fingerprint density at radius 3 is 2.55 bits per heavy atom. The van der Waals surface area contributed by atoms with E-state index in [1.807, 2.05) is 26.8 Å². The van der Waals surface area contributed by atoms with Gasteiger partial charge in [-0.2, -0.15) is 0 Å². The molecule has 0 heterocycles. The van der Waals surface area contributed by atoms with Crippen molar-refractivity contribution in [2.24, 2.45) is 17.3 Å². The largest absolute Gasteiger partial charge is 0.508 e. The van der Waals surface area contributed by atoms with Crippen LogP contribution in [-0.4, -0.2) is 40.6 Å². The Labute approximate surface area is 132 Å². The van der Waals surface area contributed by atoms with E-state index < -0.39 is 23.6 Å². The monoisotopic (exact) mass is 312 g/mol. The summed E-state index contributed by atoms with van der Waals surface area (Å²) in [6, 6.07) is 0. The second-order valence-corrected chi connectivity index (χ2v) is 7.44. The minimum Gasteiger partial charge on any atom is -0.508 e. The molecule has 4 unspecified atom stereocenters. The number of allylic oxidation sites excluding steroid dienone is 3. The van der Waals surface area contributed by atoms with Crippen LogP contribution in [0.1, 0.15) is 40.0 Å². The fourth-order valence-corrected chi connectivity index (χ4v) is 3.33. The third-order valence-corrected chi connectivity index (χ3v) is 4.52. The van der Waals surface area contributed by atoms with Gasteiger partial charge >= 0.3 is 0 Å². The van der Waals surface area contributed by atoms with Crippen molar-refractivity contribution in [2.75, 3.05) is 7.11 Å². The second kappa shape index (κ2) is 6.32. The zero-order chi connectivity index (χ0) is 16.5. The van der Waals surface area contributed by atoms with Crippen LogP contribution < -0.4 is 0 Å². The minimum atomic E-state index is -0.927. The number of ether oxygens (including phenoxy) is 2. The maximum atomic E-state index is 10.3. The Balaban J connectivity index is 2.04. The highest BCUT2D eigenvalue weighted by molar-refractivity contribution is 5.19. The van der Waals surface area contributed by atoms with E-state index in [4.69, 9.17) is 9.47 Å². The molecule has 3 N–H and O–H groups in total. The minimum absolute atomic E-state index is 0.144. The Morgan fingerprint density at radius 1 is 1.36 bits per heavy atom. The lowest BCUT2D eigenvalue weighted by molar-refractivity contribution is -0.198. The molecule has 2 aliphatic rings. The lowest BCUT2D eigenvalue weighted by Gasteiger charge is -2.30. The van der Waals surface area contributed by atoms with Crippen molar-refractivity contribution in [1.29, 1.82) is 0 Å². The molecule has 2 rings (SSSR count). The quantitative estimate of drug-likeness (QED) is 0.657. The van der Waals surface area contributed by atoms with Crippen LogP contribution in [0.3, 0.4) is 0 Å². The first-order chi connectivity index (χ1) is 10.2. The molecule has 0 bridgehead atoms. The highest BCUT2D eigenvalue weighted by atomic mass is 16.6. The van der Waals surface area contributed by atoms with Crippen LogP contribution in [0.15, 0.2) is 24.0 Å². The lowest BCUT2D eigenvalue weighted by atomic mass is 9.85. The number of rotatable bonds is 6. The molecule has 0 radical (unpaired) electrons. The van der Waals surface area contributed by atoms with E-state index in [-0.39, 0.29) is 17.6 Å². The van der Waals surface area contributed by atoms with Crippen molar-refractivity contribution in [3.8, 4) is 0 Å². The number of aliphatic hydroxyl groups excluding tert-OH is 3. The van der Waals surface area contributed by atoms with Gasteiger partial charge < -0.3 is 24.8 Å². The normalized spacial score (nSPS) is 34.2. The van der Waals surface area contributed by atoms with E-state index in [1.54, 1.807) is 12.2 Å². The summed E-state index contributed by atoms with van der Waals surface area (Å²) in [6.45, 7) is 5.68. The summed E-state index contributed by atoms with van der Waals surface area (Å²) in [4.78, 5) is 0. The molecule has 0 aromatic rings. The zero-order valence-corrected chi connectivity index (χ0v) is 13.8. The lowest BCUT2D eigenvalue weighted by Crippen LogP contribution is -2.35. The van der Waals surface area contributed by atoms with E-state index in [1.165, 1.54) is 7.11 Å². The molecule has 0 aliphatic heterocycles. The van der Waals surface area contributed by atoms with Gasteiger partial charge in [-0.1, -0.05) is 6.08 Å². The van der Waals surface area contributed by atoms with E-state index in [0.717, 1.165) is 6.42 Å². The van der Waals surface area contributed by atoms with Crippen LogP contribution in [0.25, 0.3) is 0 Å². The van der Waals surface area contributed by atoms with Crippen molar-refractivity contribution in [1.82, 2.24) is 0 Å². The van der Waals surface area contributed by atoms with Crippen LogP contribution in [0.4, 0.5) is 0 Å². The Hall–Kier alpha value is -0.880. The predicted octanol–water partition coefficient (Wildman–Crippen LogP) is 2.50. The standard InChI is InChI=1S/C17H28O5/c1-16(2,3)22-14(19)13-10-17(13,15(20)21-4)9-11-5-7-12(18)8-6-11/h5,7-8,11,13-15,18-20H,6,9-10H2,1-4H3/t11?,13?,14?,15?,17-/m1/s1. The van der Waals surface area contributed by atoms with Gasteiger partial charge in [0.25, 0.3) is 0 Å². The number of hydrogen-bond donors (Lipinski definition) is 3. The van der Waals surface area contributed by atoms with Crippen LogP contribution in [0.2, 0.25) is 0 Å². The van der Waals surface area contributed by atoms with Crippen LogP contribution >= 0.6 is 0 Å². The van der Waals surface area contributed by atoms with Gasteiger partial charge in [0.1, 0.15) is 5.76 Å². The Morgan fingerprint density at radius 2 is 2.05 bits per heavy atom. The summed E-state index contributed by atoms with van der Waals surface area (Å²) in [5, 5.41) is 30.0. The maximum absolute atomic E-state index is 10.3. The van der Waals surface area contributed by atoms with Crippen molar-refractivity contribution in [2.45, 2.75) is 58.2 Å². The summed E-state index contributed by atoms with van der Waals surface area (Å²) in [5.74, 6) is 0.350. The Kier molecular flexibility index (Phi) is 5.02. The van der Waals surface area contributed by atoms with E-state index in [2.05, 4.69) is 0 Å². The zero-order valence-electron chi connectivity index (χ0n) is 13.8. The first kappa shape index (κ1) is 17.5. The molecule has 0 amide bonds. The average molecular weight is 312 g/mol. The third kappa shape index (κ3) is 3.90. The molecule has 5 nitrogen and oxygen atoms in total. The molecule has 0 spiro atoms. The fourth-order valence-electron chi connectivity index (χ4n) is 3.33. The highest BCUT2D eigenvalue weighted by Crippen LogP contribution is 2.61. The molecule has 0 aromatic carbocycles. The summed E-state index contributed by atoms with van der Waals surface area (Å²) in [5.41, 5.74) is -0.930. The molecular weight excluding hydrogens is 284 g/mol. The van der Waals surface area contributed by atoms with Crippen LogP contribution in [0, 0.1) is 17.3 Å². The van der Waals surface area contributed by atoms with Crippen molar-refractivity contribution in [3.05, 3.63) is 24.0 Å². The first-order valence-corrected chi connectivity index (χ1v) is 7.82. The average Bonchev–Trinajstić information content (AvgIpc) is 3.14. The maximum Gasteiger partial charge on any atom is 0.160 e. The highest BCUT2D eigenvalue weighted by Gasteiger charge is 2.63. The SMILES string of the molecule is COC(O)[C@]1(CC2C=CC(O)=CC2)CC1C(O)OC(C)(C)C. The first-order valence-electron chi connectivity index (χ1n) is 7.82. The number of methoxy groups -OCH3 is 1. The molecule has 1 fully saturated rings. The van der Waals surface area contributed by atoms with Gasteiger partial charge in [0, 0.05) is 18.4 Å². The topological polar surface area (TPSA) is 79.2 Å². The van der Waals surface area contributed by atoms with Gasteiger partial charge in [-0.05, 0) is 58.1 Å².